The Morgan fingerprint density at radius 2 is 2.03 bits per heavy atom. The molecule has 0 unspecified atom stereocenters. The van der Waals surface area contributed by atoms with Gasteiger partial charge in [-0.15, -0.1) is 0 Å². The molecular weight excluding hydrogens is 404 g/mol. The van der Waals surface area contributed by atoms with Crippen LogP contribution in [0.1, 0.15) is 47.3 Å². The Hall–Kier alpha value is -2.97. The van der Waals surface area contributed by atoms with E-state index in [0.29, 0.717) is 51.5 Å². The largest absolute Gasteiger partial charge is 0.393 e. The molecule has 1 aliphatic rings. The maximum Gasteiger partial charge on any atom is 0.255 e. The molecule has 9 heteroatoms. The number of aromatic amines is 1. The Morgan fingerprint density at radius 3 is 2.77 bits per heavy atom. The second-order valence-electron chi connectivity index (χ2n) is 7.45. The summed E-state index contributed by atoms with van der Waals surface area (Å²) in [6, 6.07) is 5.25. The van der Waals surface area contributed by atoms with Gasteiger partial charge < -0.3 is 20.7 Å². The van der Waals surface area contributed by atoms with Crippen LogP contribution < -0.4 is 10.6 Å². The Morgan fingerprint density at radius 1 is 1.27 bits per heavy atom. The van der Waals surface area contributed by atoms with Crippen molar-refractivity contribution in [3.8, 4) is 0 Å². The van der Waals surface area contributed by atoms with E-state index in [2.05, 4.69) is 25.6 Å². The van der Waals surface area contributed by atoms with Crippen LogP contribution in [0.15, 0.2) is 30.6 Å². The number of aromatic nitrogens is 3. The van der Waals surface area contributed by atoms with Crippen LogP contribution in [-0.2, 0) is 0 Å². The first kappa shape index (κ1) is 20.3. The van der Waals surface area contributed by atoms with E-state index < -0.39 is 0 Å². The first-order valence-electron chi connectivity index (χ1n) is 9.86. The lowest BCUT2D eigenvalue weighted by Gasteiger charge is -2.26. The molecule has 0 spiro atoms. The van der Waals surface area contributed by atoms with Crippen molar-refractivity contribution in [2.24, 2.45) is 0 Å². The number of carbonyl (C=O) groups excluding carboxylic acids is 1. The summed E-state index contributed by atoms with van der Waals surface area (Å²) in [4.78, 5) is 24.7. The second kappa shape index (κ2) is 8.41. The molecule has 0 radical (unpaired) electrons. The van der Waals surface area contributed by atoms with Gasteiger partial charge in [0.1, 0.15) is 11.2 Å². The standard InChI is InChI=1S/C21H23ClN6O2/c1-24-16-8-11(22)2-7-14(16)18(23)17-10-26-20-19(28-17)15(9-25-20)21(30)27-12-3-5-13(29)6-4-12/h2,7-10,12-13,23-24,29H,3-6H2,1H3,(H,25,26)(H,27,30). The zero-order valence-corrected chi connectivity index (χ0v) is 17.3. The minimum Gasteiger partial charge on any atom is -0.393 e. The highest BCUT2D eigenvalue weighted by atomic mass is 35.5. The molecule has 2 heterocycles. The average molecular weight is 427 g/mol. The normalized spacial score (nSPS) is 18.9. The number of hydrogen-bond donors (Lipinski definition) is 5. The lowest BCUT2D eigenvalue weighted by molar-refractivity contribution is 0.0869. The molecule has 3 aromatic rings. The van der Waals surface area contributed by atoms with Crippen molar-refractivity contribution in [3.63, 3.8) is 0 Å². The summed E-state index contributed by atoms with van der Waals surface area (Å²) in [6.45, 7) is 0. The summed E-state index contributed by atoms with van der Waals surface area (Å²) in [5.74, 6) is -0.233. The Bertz CT molecular complexity index is 1100. The monoisotopic (exact) mass is 426 g/mol. The topological polar surface area (TPSA) is 127 Å². The minimum atomic E-state index is -0.277. The Balaban J connectivity index is 1.61. The van der Waals surface area contributed by atoms with E-state index in [0.717, 1.165) is 12.8 Å². The first-order chi connectivity index (χ1) is 14.5. The van der Waals surface area contributed by atoms with Crippen LogP contribution >= 0.6 is 11.6 Å². The van der Waals surface area contributed by atoms with Crippen LogP contribution in [0.25, 0.3) is 11.2 Å². The SMILES string of the molecule is CNc1cc(Cl)ccc1C(=N)c1cnc2[nH]cc(C(=O)NC3CCC(O)CC3)c2n1. The molecule has 1 aliphatic carbocycles. The lowest BCUT2D eigenvalue weighted by Crippen LogP contribution is -2.38. The zero-order valence-electron chi connectivity index (χ0n) is 16.5. The number of nitrogens with one attached hydrogen (secondary N) is 4. The van der Waals surface area contributed by atoms with Crippen LogP contribution in [0.3, 0.4) is 0 Å². The van der Waals surface area contributed by atoms with Gasteiger partial charge in [-0.25, -0.2) is 9.97 Å². The predicted octanol–water partition coefficient (Wildman–Crippen LogP) is 3.10. The lowest BCUT2D eigenvalue weighted by atomic mass is 9.93. The van der Waals surface area contributed by atoms with Gasteiger partial charge in [-0.2, -0.15) is 0 Å². The average Bonchev–Trinajstić information content (AvgIpc) is 3.18. The molecule has 1 saturated carbocycles. The minimum absolute atomic E-state index is 0.0348. The third kappa shape index (κ3) is 4.01. The van der Waals surface area contributed by atoms with Crippen LogP contribution in [0, 0.1) is 5.41 Å². The molecule has 5 N–H and O–H groups in total. The van der Waals surface area contributed by atoms with Crippen LogP contribution in [0.4, 0.5) is 5.69 Å². The quantitative estimate of drug-likeness (QED) is 0.400. The van der Waals surface area contributed by atoms with Crippen molar-refractivity contribution in [2.75, 3.05) is 12.4 Å². The van der Waals surface area contributed by atoms with Crippen molar-refractivity contribution < 1.29 is 9.90 Å². The number of hydrogen-bond acceptors (Lipinski definition) is 6. The van der Waals surface area contributed by atoms with E-state index in [1.807, 2.05) is 0 Å². The van der Waals surface area contributed by atoms with Gasteiger partial charge in [0.15, 0.2) is 5.65 Å². The van der Waals surface area contributed by atoms with Crippen LogP contribution in [0.2, 0.25) is 5.02 Å². The molecule has 1 amide bonds. The van der Waals surface area contributed by atoms with Crippen molar-refractivity contribution in [1.82, 2.24) is 20.3 Å². The highest BCUT2D eigenvalue weighted by Crippen LogP contribution is 2.24. The zero-order chi connectivity index (χ0) is 21.3. The number of H-pyrrole nitrogens is 1. The highest BCUT2D eigenvalue weighted by Gasteiger charge is 2.23. The summed E-state index contributed by atoms with van der Waals surface area (Å²) in [5.41, 5.74) is 3.18. The summed E-state index contributed by atoms with van der Waals surface area (Å²) < 4.78 is 0. The van der Waals surface area contributed by atoms with E-state index in [1.165, 1.54) is 6.20 Å². The van der Waals surface area contributed by atoms with Gasteiger partial charge in [-0.3, -0.25) is 10.2 Å². The summed E-state index contributed by atoms with van der Waals surface area (Å²) in [7, 11) is 1.76. The Kier molecular flexibility index (Phi) is 5.69. The smallest absolute Gasteiger partial charge is 0.255 e. The molecule has 1 fully saturated rings. The number of anilines is 1. The molecular formula is C21H23ClN6O2. The third-order valence-electron chi connectivity index (χ3n) is 5.43. The fourth-order valence-corrected chi connectivity index (χ4v) is 3.92. The molecule has 0 bridgehead atoms. The van der Waals surface area contributed by atoms with Gasteiger partial charge in [0.25, 0.3) is 5.91 Å². The van der Waals surface area contributed by atoms with Gasteiger partial charge in [0.05, 0.1) is 23.6 Å². The second-order valence-corrected chi connectivity index (χ2v) is 7.89. The van der Waals surface area contributed by atoms with E-state index in [9.17, 15) is 9.90 Å². The molecule has 8 nitrogen and oxygen atoms in total. The molecule has 156 valence electrons. The number of carbonyl (C=O) groups is 1. The number of halogens is 1. The summed E-state index contributed by atoms with van der Waals surface area (Å²) in [6.07, 6.45) is 5.71. The van der Waals surface area contributed by atoms with Crippen LogP contribution in [0.5, 0.6) is 0 Å². The van der Waals surface area contributed by atoms with Gasteiger partial charge in [0.2, 0.25) is 0 Å². The fourth-order valence-electron chi connectivity index (χ4n) is 3.75. The van der Waals surface area contributed by atoms with E-state index >= 15 is 0 Å². The molecule has 1 aromatic carbocycles. The van der Waals surface area contributed by atoms with Crippen molar-refractivity contribution in [3.05, 3.63) is 52.4 Å². The molecule has 0 atom stereocenters. The number of rotatable bonds is 5. The number of amides is 1. The Labute approximate surface area is 178 Å². The maximum absolute atomic E-state index is 12.8. The molecule has 4 rings (SSSR count). The molecule has 2 aromatic heterocycles. The molecule has 30 heavy (non-hydrogen) atoms. The van der Waals surface area contributed by atoms with E-state index in [4.69, 9.17) is 17.0 Å². The molecule has 0 saturated heterocycles. The van der Waals surface area contributed by atoms with Gasteiger partial charge in [0, 0.05) is 35.6 Å². The predicted molar refractivity (Wildman–Crippen MR) is 117 cm³/mol. The van der Waals surface area contributed by atoms with Crippen LogP contribution in [-0.4, -0.2) is 50.9 Å². The number of fused-ring (bicyclic) bond motifs is 1. The van der Waals surface area contributed by atoms with Gasteiger partial charge >= 0.3 is 0 Å². The summed E-state index contributed by atoms with van der Waals surface area (Å²) in [5, 5.41) is 24.9. The van der Waals surface area contributed by atoms with E-state index in [-0.39, 0.29) is 23.8 Å². The number of nitrogens with zero attached hydrogens (tertiary/aromatic N) is 2. The fraction of sp³-hybridized carbons (Fsp3) is 0.333. The summed E-state index contributed by atoms with van der Waals surface area (Å²) >= 11 is 6.05. The highest BCUT2D eigenvalue weighted by molar-refractivity contribution is 6.31. The van der Waals surface area contributed by atoms with Gasteiger partial charge in [-0.1, -0.05) is 11.6 Å². The van der Waals surface area contributed by atoms with Crippen molar-refractivity contribution in [1.29, 1.82) is 5.41 Å². The van der Waals surface area contributed by atoms with E-state index in [1.54, 1.807) is 31.4 Å². The molecule has 0 aliphatic heterocycles. The maximum atomic E-state index is 12.8. The number of aliphatic hydroxyl groups is 1. The van der Waals surface area contributed by atoms with Crippen molar-refractivity contribution in [2.45, 2.75) is 37.8 Å². The van der Waals surface area contributed by atoms with Crippen molar-refractivity contribution >= 4 is 40.1 Å². The first-order valence-corrected chi connectivity index (χ1v) is 10.2. The number of benzene rings is 1. The van der Waals surface area contributed by atoms with Gasteiger partial charge in [-0.05, 0) is 43.9 Å². The number of aliphatic hydroxyl groups excluding tert-OH is 1. The third-order valence-corrected chi connectivity index (χ3v) is 5.67.